The van der Waals surface area contributed by atoms with E-state index in [9.17, 15) is 10.1 Å². The predicted octanol–water partition coefficient (Wildman–Crippen LogP) is 4.76. The van der Waals surface area contributed by atoms with Gasteiger partial charge in [0, 0.05) is 54.2 Å². The van der Waals surface area contributed by atoms with Crippen LogP contribution in [-0.2, 0) is 4.74 Å². The minimum Gasteiger partial charge on any atom is -0.383 e. The van der Waals surface area contributed by atoms with Gasteiger partial charge in [-0.2, -0.15) is 0 Å². The molecule has 0 radical (unpaired) electrons. The van der Waals surface area contributed by atoms with Gasteiger partial charge in [0.2, 0.25) is 0 Å². The molecule has 0 saturated carbocycles. The van der Waals surface area contributed by atoms with Crippen LogP contribution in [-0.4, -0.2) is 35.2 Å². The molecule has 0 amide bonds. The maximum atomic E-state index is 11.5. The highest BCUT2D eigenvalue weighted by molar-refractivity contribution is 5.96. The molecule has 2 N–H and O–H groups in total. The Bertz CT molecular complexity index is 1070. The Morgan fingerprint density at radius 1 is 1.16 bits per heavy atom. The second kappa shape index (κ2) is 8.99. The van der Waals surface area contributed by atoms with E-state index in [2.05, 4.69) is 46.8 Å². The molecule has 3 aromatic rings. The van der Waals surface area contributed by atoms with Gasteiger partial charge in [0.05, 0.1) is 4.92 Å². The highest BCUT2D eigenvalue weighted by atomic mass is 16.6. The number of ether oxygens (including phenoxy) is 1. The number of nitrogens with zero attached hydrogens (tertiary/aromatic N) is 2. The van der Waals surface area contributed by atoms with Crippen LogP contribution in [0.2, 0.25) is 0 Å². The molecule has 1 fully saturated rings. The lowest BCUT2D eigenvalue weighted by Gasteiger charge is -2.41. The van der Waals surface area contributed by atoms with Crippen LogP contribution in [0, 0.1) is 17.0 Å². The second-order valence-electron chi connectivity index (χ2n) is 8.26. The van der Waals surface area contributed by atoms with E-state index in [1.165, 1.54) is 11.6 Å². The van der Waals surface area contributed by atoms with E-state index < -0.39 is 0 Å². The van der Waals surface area contributed by atoms with Gasteiger partial charge in [-0.3, -0.25) is 10.1 Å². The van der Waals surface area contributed by atoms with E-state index in [4.69, 9.17) is 4.74 Å². The lowest BCUT2D eigenvalue weighted by atomic mass is 9.88. The lowest BCUT2D eigenvalue weighted by Crippen LogP contribution is -2.54. The average Bonchev–Trinajstić information content (AvgIpc) is 2.78. The van der Waals surface area contributed by atoms with Crippen LogP contribution in [0.4, 0.5) is 11.4 Å². The van der Waals surface area contributed by atoms with Gasteiger partial charge in [-0.25, -0.2) is 4.98 Å². The van der Waals surface area contributed by atoms with Gasteiger partial charge in [0.1, 0.15) is 0 Å². The second-order valence-corrected chi connectivity index (χ2v) is 8.26. The fourth-order valence-corrected chi connectivity index (χ4v) is 4.34. The summed E-state index contributed by atoms with van der Waals surface area (Å²) in [5.74, 6) is 0. The maximum absolute atomic E-state index is 11.5. The van der Waals surface area contributed by atoms with Gasteiger partial charge in [-0.1, -0.05) is 42.5 Å². The molecule has 1 aliphatic rings. The number of aryl methyl sites for hydroxylation is 1. The zero-order chi connectivity index (χ0) is 21.8. The van der Waals surface area contributed by atoms with Crippen molar-refractivity contribution in [1.29, 1.82) is 0 Å². The fraction of sp³-hybridized carbons (Fsp3) is 0.375. The normalized spacial score (nSPS) is 16.7. The third-order valence-electron chi connectivity index (χ3n) is 6.03. The number of nitro groups is 1. The summed E-state index contributed by atoms with van der Waals surface area (Å²) in [5.41, 5.74) is 3.16. The van der Waals surface area contributed by atoms with Crippen LogP contribution in [0.3, 0.4) is 0 Å². The highest BCUT2D eigenvalue weighted by Crippen LogP contribution is 2.32. The number of fused-ring (bicyclic) bond motifs is 1. The summed E-state index contributed by atoms with van der Waals surface area (Å²) in [5, 5.41) is 19.7. The Morgan fingerprint density at radius 2 is 1.90 bits per heavy atom. The van der Waals surface area contributed by atoms with Crippen LogP contribution in [0.25, 0.3) is 10.9 Å². The van der Waals surface area contributed by atoms with Gasteiger partial charge >= 0.3 is 0 Å². The summed E-state index contributed by atoms with van der Waals surface area (Å²) in [6.07, 6.45) is 1.78. The van der Waals surface area contributed by atoms with Crippen LogP contribution < -0.4 is 10.6 Å². The van der Waals surface area contributed by atoms with Crippen molar-refractivity contribution in [2.24, 2.45) is 0 Å². The number of hydrogen-bond donors (Lipinski definition) is 2. The maximum Gasteiger partial charge on any atom is 0.295 e. The van der Waals surface area contributed by atoms with Gasteiger partial charge in [-0.05, 0) is 38.3 Å². The number of pyridine rings is 1. The van der Waals surface area contributed by atoms with Crippen molar-refractivity contribution in [3.05, 3.63) is 76.0 Å². The Morgan fingerprint density at radius 3 is 2.61 bits per heavy atom. The Balaban J connectivity index is 1.61. The zero-order valence-corrected chi connectivity index (χ0v) is 17.9. The molecule has 162 valence electrons. The molecule has 1 aromatic heterocycles. The molecule has 31 heavy (non-hydrogen) atoms. The number of rotatable bonds is 7. The minimum absolute atomic E-state index is 0.0286. The molecule has 1 saturated heterocycles. The Kier molecular flexibility index (Phi) is 6.15. The quantitative estimate of drug-likeness (QED) is 0.423. The van der Waals surface area contributed by atoms with Gasteiger partial charge in [0.15, 0.2) is 5.52 Å². The van der Waals surface area contributed by atoms with Crippen molar-refractivity contribution in [3.8, 4) is 0 Å². The van der Waals surface area contributed by atoms with E-state index in [1.54, 1.807) is 6.07 Å². The smallest absolute Gasteiger partial charge is 0.295 e. The first kappa shape index (κ1) is 21.2. The minimum atomic E-state index is -0.373. The van der Waals surface area contributed by atoms with E-state index in [0.717, 1.165) is 29.6 Å². The summed E-state index contributed by atoms with van der Waals surface area (Å²) in [6, 6.07) is 17.7. The molecule has 7 nitrogen and oxygen atoms in total. The zero-order valence-electron chi connectivity index (χ0n) is 17.9. The van der Waals surface area contributed by atoms with Crippen LogP contribution in [0.5, 0.6) is 0 Å². The summed E-state index contributed by atoms with van der Waals surface area (Å²) < 4.78 is 5.64. The van der Waals surface area contributed by atoms with Gasteiger partial charge in [0.25, 0.3) is 5.69 Å². The first-order valence-electron chi connectivity index (χ1n) is 10.7. The number of para-hydroxylation sites is 1. The summed E-state index contributed by atoms with van der Waals surface area (Å²) >= 11 is 0. The Labute approximate surface area is 182 Å². The molecule has 2 heterocycles. The van der Waals surface area contributed by atoms with Crippen LogP contribution >= 0.6 is 0 Å². The molecule has 1 atom stereocenters. The summed E-state index contributed by atoms with van der Waals surface area (Å²) in [6.45, 7) is 6.15. The fourth-order valence-electron chi connectivity index (χ4n) is 4.34. The van der Waals surface area contributed by atoms with Crippen molar-refractivity contribution in [1.82, 2.24) is 10.3 Å². The van der Waals surface area contributed by atoms with E-state index >= 15 is 0 Å². The van der Waals surface area contributed by atoms with E-state index in [1.807, 2.05) is 25.1 Å². The van der Waals surface area contributed by atoms with Crippen molar-refractivity contribution >= 4 is 22.3 Å². The molecule has 0 aliphatic carbocycles. The predicted molar refractivity (Wildman–Crippen MR) is 122 cm³/mol. The Hall–Kier alpha value is -3.03. The monoisotopic (exact) mass is 420 g/mol. The van der Waals surface area contributed by atoms with Crippen molar-refractivity contribution < 1.29 is 9.66 Å². The summed E-state index contributed by atoms with van der Waals surface area (Å²) in [4.78, 5) is 15.5. The molecule has 1 unspecified atom stereocenters. The standard InChI is InChI=1S/C24H28N4O3/c1-17-15-21(20-9-6-10-22(28(29)30)23(20)26-17)25-16-24(11-13-31-14-12-24)27-18(2)19-7-4-3-5-8-19/h3-10,15,18,27H,11-14,16H2,1-2H3,(H,25,26). The number of nitrogens with one attached hydrogen (secondary N) is 2. The molecular formula is C24H28N4O3. The molecule has 0 spiro atoms. The molecule has 2 aromatic carbocycles. The number of hydrogen-bond acceptors (Lipinski definition) is 6. The number of benzene rings is 2. The summed E-state index contributed by atoms with van der Waals surface area (Å²) in [7, 11) is 0. The number of anilines is 1. The van der Waals surface area contributed by atoms with Crippen molar-refractivity contribution in [2.45, 2.75) is 38.3 Å². The molecule has 0 bridgehead atoms. The highest BCUT2D eigenvalue weighted by Gasteiger charge is 2.34. The molecular weight excluding hydrogens is 392 g/mol. The topological polar surface area (TPSA) is 89.3 Å². The van der Waals surface area contributed by atoms with E-state index in [0.29, 0.717) is 25.3 Å². The van der Waals surface area contributed by atoms with Crippen LogP contribution in [0.15, 0.2) is 54.6 Å². The average molecular weight is 421 g/mol. The number of non-ortho nitro benzene ring substituents is 1. The number of aromatic nitrogens is 1. The SMILES string of the molecule is Cc1cc(NCC2(NC(C)c3ccccc3)CCOCC2)c2cccc([N+](=O)[O-])c2n1. The van der Waals surface area contributed by atoms with Gasteiger partial charge in [-0.15, -0.1) is 0 Å². The first-order chi connectivity index (χ1) is 15.0. The molecule has 1 aliphatic heterocycles. The van der Waals surface area contributed by atoms with E-state index in [-0.39, 0.29) is 22.2 Å². The third kappa shape index (κ3) is 4.68. The third-order valence-corrected chi connectivity index (χ3v) is 6.03. The van der Waals surface area contributed by atoms with Crippen molar-refractivity contribution in [3.63, 3.8) is 0 Å². The first-order valence-corrected chi connectivity index (χ1v) is 10.7. The van der Waals surface area contributed by atoms with Crippen molar-refractivity contribution in [2.75, 3.05) is 25.1 Å². The lowest BCUT2D eigenvalue weighted by molar-refractivity contribution is -0.383. The number of nitro benzene ring substituents is 1. The molecule has 4 rings (SSSR count). The van der Waals surface area contributed by atoms with Crippen LogP contribution in [0.1, 0.15) is 37.1 Å². The largest absolute Gasteiger partial charge is 0.383 e. The molecule has 7 heteroatoms. The van der Waals surface area contributed by atoms with Gasteiger partial charge < -0.3 is 15.4 Å².